The number of Topliss-reactive ketones (excluding diaryl/α,β-unsaturated/α-hetero) is 1. The van der Waals surface area contributed by atoms with Crippen molar-refractivity contribution < 1.29 is 28.7 Å². The van der Waals surface area contributed by atoms with Crippen molar-refractivity contribution in [2.24, 2.45) is 11.1 Å². The molecule has 1 atom stereocenters. The molecule has 0 aliphatic carbocycles. The van der Waals surface area contributed by atoms with Crippen LogP contribution < -0.4 is 0 Å². The Morgan fingerprint density at radius 1 is 1.11 bits per heavy atom. The number of esters is 2. The summed E-state index contributed by atoms with van der Waals surface area (Å²) in [4.78, 5) is 41.0. The first-order valence-electron chi connectivity index (χ1n) is 8.70. The molecule has 0 radical (unpaired) electrons. The van der Waals surface area contributed by atoms with Gasteiger partial charge in [-0.1, -0.05) is 17.3 Å². The molecule has 0 aliphatic heterocycles. The number of nitrogens with zero attached hydrogens (tertiary/aromatic N) is 1. The molecule has 7 heteroatoms. The van der Waals surface area contributed by atoms with Gasteiger partial charge in [0.1, 0.15) is 18.5 Å². The Kier molecular flexibility index (Phi) is 8.15. The quantitative estimate of drug-likeness (QED) is 0.393. The summed E-state index contributed by atoms with van der Waals surface area (Å²) in [5, 5.41) is 3.69. The van der Waals surface area contributed by atoms with Gasteiger partial charge in [-0.25, -0.2) is 9.59 Å². The predicted octanol–water partition coefficient (Wildman–Crippen LogP) is 2.96. The lowest BCUT2D eigenvalue weighted by Crippen LogP contribution is -2.32. The molecule has 0 fully saturated rings. The van der Waals surface area contributed by atoms with Gasteiger partial charge < -0.3 is 14.3 Å². The van der Waals surface area contributed by atoms with Gasteiger partial charge in [0.15, 0.2) is 5.71 Å². The van der Waals surface area contributed by atoms with Gasteiger partial charge in [-0.15, -0.1) is 0 Å². The molecular formula is C20H27NO6. The fourth-order valence-electron chi connectivity index (χ4n) is 2.33. The molecular weight excluding hydrogens is 350 g/mol. The lowest BCUT2D eigenvalue weighted by molar-refractivity contribution is -0.136. The van der Waals surface area contributed by atoms with E-state index in [1.165, 1.54) is 14.0 Å². The van der Waals surface area contributed by atoms with Crippen LogP contribution in [0.15, 0.2) is 29.4 Å². The zero-order valence-electron chi connectivity index (χ0n) is 16.7. The first kappa shape index (κ1) is 22.3. The van der Waals surface area contributed by atoms with Crippen LogP contribution in [0.2, 0.25) is 0 Å². The second-order valence-electron chi connectivity index (χ2n) is 6.95. The van der Waals surface area contributed by atoms with Crippen molar-refractivity contribution in [3.8, 4) is 0 Å². The molecule has 1 rings (SSSR count). The van der Waals surface area contributed by atoms with Crippen LogP contribution in [0.3, 0.4) is 0 Å². The molecule has 1 aromatic rings. The van der Waals surface area contributed by atoms with Crippen LogP contribution in [0.5, 0.6) is 0 Å². The Balaban J connectivity index is 3.01. The Bertz CT molecular complexity index is 700. The summed E-state index contributed by atoms with van der Waals surface area (Å²) in [5.41, 5.74) is 0.503. The van der Waals surface area contributed by atoms with Crippen LogP contribution in [0.4, 0.5) is 0 Å². The number of carbonyl (C=O) groups is 3. The van der Waals surface area contributed by atoms with Crippen molar-refractivity contribution in [1.29, 1.82) is 0 Å². The molecule has 0 saturated carbocycles. The van der Waals surface area contributed by atoms with E-state index in [9.17, 15) is 14.4 Å². The van der Waals surface area contributed by atoms with Crippen LogP contribution >= 0.6 is 0 Å². The van der Waals surface area contributed by atoms with Crippen LogP contribution in [0.1, 0.15) is 50.5 Å². The number of hydrogen-bond donors (Lipinski definition) is 0. The van der Waals surface area contributed by atoms with Crippen molar-refractivity contribution in [3.63, 3.8) is 0 Å². The third-order valence-electron chi connectivity index (χ3n) is 3.52. The van der Waals surface area contributed by atoms with Crippen molar-refractivity contribution in [1.82, 2.24) is 0 Å². The van der Waals surface area contributed by atoms with E-state index in [1.807, 2.05) is 0 Å². The highest BCUT2D eigenvalue weighted by atomic mass is 16.6. The Labute approximate surface area is 159 Å². The number of oxime groups is 1. The van der Waals surface area contributed by atoms with E-state index in [0.717, 1.165) is 5.56 Å². The van der Waals surface area contributed by atoms with Crippen LogP contribution in [-0.4, -0.2) is 42.8 Å². The lowest BCUT2D eigenvalue weighted by atomic mass is 9.91. The largest absolute Gasteiger partial charge is 0.461 e. The number of ketones is 1. The molecule has 0 bridgehead atoms. The molecule has 0 N–H and O–H groups in total. The van der Waals surface area contributed by atoms with E-state index in [-0.39, 0.29) is 24.5 Å². The molecule has 0 saturated heterocycles. The molecule has 148 valence electrons. The van der Waals surface area contributed by atoms with Gasteiger partial charge >= 0.3 is 11.9 Å². The van der Waals surface area contributed by atoms with Crippen LogP contribution in [0.25, 0.3) is 0 Å². The van der Waals surface area contributed by atoms with Gasteiger partial charge in [0, 0.05) is 0 Å². The van der Waals surface area contributed by atoms with Gasteiger partial charge in [-0.3, -0.25) is 4.79 Å². The fraction of sp³-hybridized carbons (Fsp3) is 0.500. The first-order chi connectivity index (χ1) is 12.6. The summed E-state index contributed by atoms with van der Waals surface area (Å²) in [5.74, 6) is -2.17. The summed E-state index contributed by atoms with van der Waals surface area (Å²) < 4.78 is 10.3. The van der Waals surface area contributed by atoms with Crippen molar-refractivity contribution in [2.75, 3.05) is 13.7 Å². The van der Waals surface area contributed by atoms with E-state index < -0.39 is 23.5 Å². The number of hydrogen-bond acceptors (Lipinski definition) is 7. The fourth-order valence-corrected chi connectivity index (χ4v) is 2.33. The van der Waals surface area contributed by atoms with Gasteiger partial charge in [0.2, 0.25) is 0 Å². The number of benzene rings is 1. The van der Waals surface area contributed by atoms with Crippen molar-refractivity contribution >= 4 is 23.4 Å². The van der Waals surface area contributed by atoms with E-state index >= 15 is 0 Å². The number of rotatable bonds is 8. The van der Waals surface area contributed by atoms with Gasteiger partial charge in [-0.2, -0.15) is 0 Å². The zero-order chi connectivity index (χ0) is 20.6. The maximum absolute atomic E-state index is 12.1. The molecule has 27 heavy (non-hydrogen) atoms. The van der Waals surface area contributed by atoms with Gasteiger partial charge in [-0.05, 0) is 58.7 Å². The number of carbonyl (C=O) groups excluding carboxylic acids is 3. The smallest absolute Gasteiger partial charge is 0.356 e. The summed E-state index contributed by atoms with van der Waals surface area (Å²) >= 11 is 0. The van der Waals surface area contributed by atoms with Crippen LogP contribution in [0, 0.1) is 5.92 Å². The molecule has 0 spiro atoms. The third kappa shape index (κ3) is 7.21. The second kappa shape index (κ2) is 9.85. The average molecular weight is 377 g/mol. The summed E-state index contributed by atoms with van der Waals surface area (Å²) in [7, 11) is 1.30. The molecule has 0 aromatic heterocycles. The Morgan fingerprint density at radius 3 is 2.15 bits per heavy atom. The molecule has 0 amide bonds. The second-order valence-corrected chi connectivity index (χ2v) is 6.95. The normalized spacial score (nSPS) is 12.9. The third-order valence-corrected chi connectivity index (χ3v) is 3.52. The average Bonchev–Trinajstić information content (AvgIpc) is 2.57. The van der Waals surface area contributed by atoms with Crippen LogP contribution in [-0.2, 0) is 30.3 Å². The van der Waals surface area contributed by atoms with Gasteiger partial charge in [0.25, 0.3) is 0 Å². The van der Waals surface area contributed by atoms with Crippen molar-refractivity contribution in [3.05, 3.63) is 35.4 Å². The standard InChI is InChI=1S/C20H27NO6/c1-7-26-19(24)17(21-25-6)16(13(2)22)12-14-8-10-15(11-9-14)18(23)27-20(3,4)5/h8-11,16H,7,12H2,1-6H3. The van der Waals surface area contributed by atoms with E-state index in [1.54, 1.807) is 52.0 Å². The highest BCUT2D eigenvalue weighted by Crippen LogP contribution is 2.17. The Morgan fingerprint density at radius 2 is 1.70 bits per heavy atom. The highest BCUT2D eigenvalue weighted by molar-refractivity contribution is 6.40. The minimum Gasteiger partial charge on any atom is -0.461 e. The maximum Gasteiger partial charge on any atom is 0.356 e. The summed E-state index contributed by atoms with van der Waals surface area (Å²) in [6.07, 6.45) is 0.227. The molecule has 0 heterocycles. The Hall–Kier alpha value is -2.70. The monoisotopic (exact) mass is 377 g/mol. The topological polar surface area (TPSA) is 91.3 Å². The van der Waals surface area contributed by atoms with Crippen molar-refractivity contribution in [2.45, 2.75) is 46.6 Å². The molecule has 1 aromatic carbocycles. The summed E-state index contributed by atoms with van der Waals surface area (Å²) in [6.45, 7) is 8.59. The van der Waals surface area contributed by atoms with Gasteiger partial charge in [0.05, 0.1) is 18.1 Å². The zero-order valence-corrected chi connectivity index (χ0v) is 16.7. The van der Waals surface area contributed by atoms with E-state index in [2.05, 4.69) is 5.16 Å². The molecule has 7 nitrogen and oxygen atoms in total. The lowest BCUT2D eigenvalue weighted by Gasteiger charge is -2.19. The first-order valence-corrected chi connectivity index (χ1v) is 8.70. The summed E-state index contributed by atoms with van der Waals surface area (Å²) in [6, 6.07) is 6.67. The predicted molar refractivity (Wildman–Crippen MR) is 101 cm³/mol. The minimum atomic E-state index is -0.809. The molecule has 0 aliphatic rings. The highest BCUT2D eigenvalue weighted by Gasteiger charge is 2.29. The molecule has 1 unspecified atom stereocenters. The number of ether oxygens (including phenoxy) is 2. The maximum atomic E-state index is 12.1. The van der Waals surface area contributed by atoms with E-state index in [0.29, 0.717) is 5.56 Å². The SMILES string of the molecule is CCOC(=O)C(=NOC)C(Cc1ccc(C(=O)OC(C)(C)C)cc1)C(C)=O. The minimum absolute atomic E-state index is 0.0805. The van der Waals surface area contributed by atoms with E-state index in [4.69, 9.17) is 14.3 Å².